The Morgan fingerprint density at radius 2 is 1.71 bits per heavy atom. The average Bonchev–Trinajstić information content (AvgIpc) is 2.34. The maximum absolute atomic E-state index is 11.6. The quantitative estimate of drug-likeness (QED) is 0.280. The highest BCUT2D eigenvalue weighted by Crippen LogP contribution is 2.08. The summed E-state index contributed by atoms with van der Waals surface area (Å²) in [5.74, 6) is -2.54. The predicted molar refractivity (Wildman–Crippen MR) is 59.9 cm³/mol. The fraction of sp³-hybridized carbons (Fsp3) is 0.500. The van der Waals surface area contributed by atoms with Gasteiger partial charge in [0.25, 0.3) is 5.91 Å². The van der Waals surface area contributed by atoms with Gasteiger partial charge in [-0.25, -0.2) is 5.48 Å². The molecule has 0 fully saturated rings. The van der Waals surface area contributed by atoms with Crippen molar-refractivity contribution in [3.8, 4) is 0 Å². The molecule has 96 valence electrons. The van der Waals surface area contributed by atoms with Crippen molar-refractivity contribution in [3.05, 3.63) is 12.2 Å². The van der Waals surface area contributed by atoms with Crippen LogP contribution in [0.25, 0.3) is 0 Å². The van der Waals surface area contributed by atoms with Gasteiger partial charge in [0.2, 0.25) is 11.8 Å². The highest BCUT2D eigenvalue weighted by molar-refractivity contribution is 5.99. The molecule has 0 aromatic carbocycles. The summed E-state index contributed by atoms with van der Waals surface area (Å²) >= 11 is 0. The first-order valence-electron chi connectivity index (χ1n) is 5.00. The van der Waals surface area contributed by atoms with E-state index in [0.29, 0.717) is 0 Å². The van der Waals surface area contributed by atoms with Crippen LogP contribution in [0.5, 0.6) is 0 Å². The molecule has 2 atom stereocenters. The van der Waals surface area contributed by atoms with Gasteiger partial charge in [-0.2, -0.15) is 0 Å². The van der Waals surface area contributed by atoms with Crippen molar-refractivity contribution in [3.63, 3.8) is 0 Å². The van der Waals surface area contributed by atoms with Gasteiger partial charge in [0.15, 0.2) is 0 Å². The molecule has 0 rings (SSSR count). The Hall–Kier alpha value is -1.89. The molecule has 0 saturated carbocycles. The maximum Gasteiger partial charge on any atom is 0.270 e. The highest BCUT2D eigenvalue weighted by atomic mass is 16.5. The first-order chi connectivity index (χ1) is 7.84. The zero-order valence-electron chi connectivity index (χ0n) is 10.0. The van der Waals surface area contributed by atoms with E-state index in [4.69, 9.17) is 5.21 Å². The lowest BCUT2D eigenvalue weighted by atomic mass is 10.0. The second kappa shape index (κ2) is 6.64. The zero-order chi connectivity index (χ0) is 13.6. The molecule has 0 aliphatic heterocycles. The van der Waals surface area contributed by atoms with E-state index in [-0.39, 0.29) is 11.5 Å². The van der Waals surface area contributed by atoms with Crippen molar-refractivity contribution in [1.82, 2.24) is 16.1 Å². The fourth-order valence-corrected chi connectivity index (χ4v) is 1.05. The van der Waals surface area contributed by atoms with Crippen LogP contribution in [0, 0.1) is 5.92 Å². The van der Waals surface area contributed by atoms with Gasteiger partial charge in [0, 0.05) is 12.6 Å². The van der Waals surface area contributed by atoms with Crippen molar-refractivity contribution in [1.29, 1.82) is 0 Å². The van der Waals surface area contributed by atoms with Crippen molar-refractivity contribution in [2.45, 2.75) is 19.9 Å². The lowest BCUT2D eigenvalue weighted by Crippen LogP contribution is -2.46. The Balaban J connectivity index is 4.47. The van der Waals surface area contributed by atoms with Gasteiger partial charge in [0.1, 0.15) is 6.04 Å². The van der Waals surface area contributed by atoms with E-state index < -0.39 is 23.8 Å². The number of hydroxylamine groups is 1. The second-order valence-electron chi connectivity index (χ2n) is 3.53. The normalized spacial score (nSPS) is 13.2. The van der Waals surface area contributed by atoms with E-state index in [1.54, 1.807) is 0 Å². The Labute approximate surface area is 99.2 Å². The second-order valence-corrected chi connectivity index (χ2v) is 3.53. The zero-order valence-corrected chi connectivity index (χ0v) is 10.0. The summed E-state index contributed by atoms with van der Waals surface area (Å²) in [5.41, 5.74) is 1.30. The van der Waals surface area contributed by atoms with Crippen molar-refractivity contribution in [2.75, 3.05) is 7.05 Å². The molecule has 0 heterocycles. The molecule has 0 saturated heterocycles. The standard InChI is InChI=1S/C10H17N3O4/c1-5(6(2)9(15)13-17)8(14)12-7(3)10(16)11-4/h5,7,17H,2H2,1,3-4H3,(H,11,16)(H,12,14)(H,13,15). The number of amides is 3. The van der Waals surface area contributed by atoms with E-state index >= 15 is 0 Å². The van der Waals surface area contributed by atoms with Crippen LogP contribution in [0.2, 0.25) is 0 Å². The van der Waals surface area contributed by atoms with Crippen LogP contribution in [-0.4, -0.2) is 36.0 Å². The monoisotopic (exact) mass is 243 g/mol. The molecule has 0 bridgehead atoms. The number of nitrogens with one attached hydrogen (secondary N) is 3. The molecule has 2 unspecified atom stereocenters. The Kier molecular flexibility index (Phi) is 5.90. The highest BCUT2D eigenvalue weighted by Gasteiger charge is 2.24. The van der Waals surface area contributed by atoms with Crippen LogP contribution in [-0.2, 0) is 14.4 Å². The number of carbonyl (C=O) groups is 3. The van der Waals surface area contributed by atoms with Gasteiger partial charge in [-0.15, -0.1) is 0 Å². The molecule has 0 aliphatic carbocycles. The molecule has 3 amide bonds. The van der Waals surface area contributed by atoms with E-state index in [1.807, 2.05) is 0 Å². The molecular formula is C10H17N3O4. The largest absolute Gasteiger partial charge is 0.357 e. The Morgan fingerprint density at radius 3 is 2.12 bits per heavy atom. The van der Waals surface area contributed by atoms with Gasteiger partial charge in [0.05, 0.1) is 5.92 Å². The van der Waals surface area contributed by atoms with Gasteiger partial charge in [-0.05, 0) is 13.8 Å². The first kappa shape index (κ1) is 15.1. The van der Waals surface area contributed by atoms with Crippen LogP contribution in [0.15, 0.2) is 12.2 Å². The topological polar surface area (TPSA) is 108 Å². The smallest absolute Gasteiger partial charge is 0.270 e. The summed E-state index contributed by atoms with van der Waals surface area (Å²) in [6.45, 7) is 6.35. The minimum Gasteiger partial charge on any atom is -0.357 e. The number of carbonyl (C=O) groups excluding carboxylic acids is 3. The Morgan fingerprint density at radius 1 is 1.18 bits per heavy atom. The van der Waals surface area contributed by atoms with Gasteiger partial charge in [-0.3, -0.25) is 19.6 Å². The predicted octanol–water partition coefficient (Wildman–Crippen LogP) is -1.07. The minimum absolute atomic E-state index is 0.0888. The molecule has 0 spiro atoms. The Bertz CT molecular complexity index is 340. The lowest BCUT2D eigenvalue weighted by Gasteiger charge is -2.17. The number of likely N-dealkylation sites (N-methyl/N-ethyl adjacent to an activating group) is 1. The minimum atomic E-state index is -0.839. The molecule has 0 aromatic rings. The summed E-state index contributed by atoms with van der Waals surface area (Å²) in [6.07, 6.45) is 0. The van der Waals surface area contributed by atoms with Gasteiger partial charge >= 0.3 is 0 Å². The maximum atomic E-state index is 11.6. The number of hydrogen-bond donors (Lipinski definition) is 4. The van der Waals surface area contributed by atoms with Crippen molar-refractivity contribution >= 4 is 17.7 Å². The molecule has 4 N–H and O–H groups in total. The third kappa shape index (κ3) is 4.23. The SMILES string of the molecule is C=C(C(=O)NO)C(C)C(=O)NC(C)C(=O)NC. The molecule has 7 nitrogen and oxygen atoms in total. The molecule has 0 aliphatic rings. The van der Waals surface area contributed by atoms with Crippen LogP contribution >= 0.6 is 0 Å². The number of rotatable bonds is 5. The van der Waals surface area contributed by atoms with E-state index in [0.717, 1.165) is 0 Å². The third-order valence-electron chi connectivity index (χ3n) is 2.31. The molecule has 7 heteroatoms. The van der Waals surface area contributed by atoms with Crippen molar-refractivity contribution in [2.24, 2.45) is 5.92 Å². The third-order valence-corrected chi connectivity index (χ3v) is 2.31. The lowest BCUT2D eigenvalue weighted by molar-refractivity contribution is -0.131. The summed E-state index contributed by atoms with van der Waals surface area (Å²) in [6, 6.07) is -0.708. The van der Waals surface area contributed by atoms with Crippen LogP contribution in [0.1, 0.15) is 13.8 Å². The summed E-state index contributed by atoms with van der Waals surface area (Å²) in [7, 11) is 1.45. The summed E-state index contributed by atoms with van der Waals surface area (Å²) in [5, 5.41) is 13.2. The van der Waals surface area contributed by atoms with Gasteiger partial charge < -0.3 is 10.6 Å². The average molecular weight is 243 g/mol. The summed E-state index contributed by atoms with van der Waals surface area (Å²) in [4.78, 5) is 33.8. The molecule has 0 radical (unpaired) electrons. The molecule has 17 heavy (non-hydrogen) atoms. The van der Waals surface area contributed by atoms with Crippen molar-refractivity contribution < 1.29 is 19.6 Å². The first-order valence-corrected chi connectivity index (χ1v) is 5.00. The molecule has 0 aromatic heterocycles. The molecular weight excluding hydrogens is 226 g/mol. The number of hydrogen-bond acceptors (Lipinski definition) is 4. The van der Waals surface area contributed by atoms with E-state index in [9.17, 15) is 14.4 Å². The van der Waals surface area contributed by atoms with Crippen LogP contribution < -0.4 is 16.1 Å². The van der Waals surface area contributed by atoms with Crippen LogP contribution in [0.3, 0.4) is 0 Å². The summed E-state index contributed by atoms with van der Waals surface area (Å²) < 4.78 is 0. The van der Waals surface area contributed by atoms with Gasteiger partial charge in [-0.1, -0.05) is 6.58 Å². The fourth-order valence-electron chi connectivity index (χ4n) is 1.05. The van der Waals surface area contributed by atoms with E-state index in [1.165, 1.54) is 26.4 Å². The van der Waals surface area contributed by atoms with Crippen LogP contribution in [0.4, 0.5) is 0 Å². The van der Waals surface area contributed by atoms with E-state index in [2.05, 4.69) is 17.2 Å².